The van der Waals surface area contributed by atoms with E-state index in [4.69, 9.17) is 21.0 Å². The highest BCUT2D eigenvalue weighted by Gasteiger charge is 2.36. The molecule has 0 aliphatic heterocycles. The van der Waals surface area contributed by atoms with Crippen LogP contribution in [-0.2, 0) is 26.0 Å². The minimum absolute atomic E-state index is 0.00820. The first-order valence-electron chi connectivity index (χ1n) is 10.8. The summed E-state index contributed by atoms with van der Waals surface area (Å²) in [4.78, 5) is 25.3. The summed E-state index contributed by atoms with van der Waals surface area (Å²) in [6, 6.07) is 19.0. The summed E-state index contributed by atoms with van der Waals surface area (Å²) >= 11 is 0. The molecule has 3 aromatic carbocycles. The molecule has 1 atom stereocenters. The molecule has 0 radical (unpaired) electrons. The van der Waals surface area contributed by atoms with Gasteiger partial charge < -0.3 is 21.1 Å². The molecule has 188 valence electrons. The van der Waals surface area contributed by atoms with Gasteiger partial charge in [-0.25, -0.2) is 23.1 Å². The van der Waals surface area contributed by atoms with Gasteiger partial charge in [-0.1, -0.05) is 48.5 Å². The minimum Gasteiger partial charge on any atom is -0.467 e. The molecule has 0 aromatic heterocycles. The van der Waals surface area contributed by atoms with Crippen LogP contribution in [0.2, 0.25) is 0 Å². The van der Waals surface area contributed by atoms with Crippen molar-refractivity contribution in [3.63, 3.8) is 0 Å². The molecule has 2 amide bonds. The molecule has 10 nitrogen and oxygen atoms in total. The molecule has 36 heavy (non-hydrogen) atoms. The average Bonchev–Trinajstić information content (AvgIpc) is 2.83. The number of nitrogens with two attached hydrogens (primary N) is 2. The lowest BCUT2D eigenvalue weighted by Gasteiger charge is -2.28. The number of primary sulfonamides is 1. The maximum absolute atomic E-state index is 12.8. The van der Waals surface area contributed by atoms with Crippen molar-refractivity contribution < 1.29 is 22.7 Å². The van der Waals surface area contributed by atoms with Gasteiger partial charge in [0, 0.05) is 23.2 Å². The molecular weight excluding hydrogens is 482 g/mol. The van der Waals surface area contributed by atoms with Crippen molar-refractivity contribution >= 4 is 33.5 Å². The maximum atomic E-state index is 12.8. The topological polar surface area (TPSA) is 177 Å². The third kappa shape index (κ3) is 6.26. The summed E-state index contributed by atoms with van der Waals surface area (Å²) in [6.45, 7) is 1.53. The van der Waals surface area contributed by atoms with E-state index >= 15 is 0 Å². The van der Waals surface area contributed by atoms with E-state index in [0.717, 1.165) is 0 Å². The number of nitrogens with one attached hydrogen (secondary N) is 3. The van der Waals surface area contributed by atoms with E-state index in [1.807, 2.05) is 0 Å². The molecule has 0 saturated carbocycles. The van der Waals surface area contributed by atoms with E-state index in [0.29, 0.717) is 27.9 Å². The van der Waals surface area contributed by atoms with Gasteiger partial charge in [0.2, 0.25) is 10.0 Å². The fraction of sp³-hybridized carbons (Fsp3) is 0.160. The number of esters is 1. The summed E-state index contributed by atoms with van der Waals surface area (Å²) in [6.07, 6.45) is 0.0947. The minimum atomic E-state index is -3.92. The van der Waals surface area contributed by atoms with Crippen LogP contribution in [0.15, 0.2) is 77.7 Å². The second kappa shape index (κ2) is 10.6. The van der Waals surface area contributed by atoms with Gasteiger partial charge in [-0.3, -0.25) is 5.41 Å². The van der Waals surface area contributed by atoms with Gasteiger partial charge in [-0.2, -0.15) is 0 Å². The summed E-state index contributed by atoms with van der Waals surface area (Å²) < 4.78 is 28.7. The lowest BCUT2D eigenvalue weighted by Crippen LogP contribution is -2.55. The summed E-state index contributed by atoms with van der Waals surface area (Å²) in [7, 11) is -2.69. The highest BCUT2D eigenvalue weighted by atomic mass is 32.2. The van der Waals surface area contributed by atoms with Gasteiger partial charge in [0.05, 0.1) is 12.0 Å². The molecule has 11 heteroatoms. The van der Waals surface area contributed by atoms with Crippen LogP contribution in [-0.4, -0.2) is 38.9 Å². The Balaban J connectivity index is 1.78. The van der Waals surface area contributed by atoms with Crippen LogP contribution in [0.1, 0.15) is 18.1 Å². The number of hydrogen-bond acceptors (Lipinski definition) is 6. The third-order valence-corrected chi connectivity index (χ3v) is 6.44. The van der Waals surface area contributed by atoms with E-state index in [1.54, 1.807) is 66.7 Å². The van der Waals surface area contributed by atoms with Crippen molar-refractivity contribution in [2.24, 2.45) is 10.9 Å². The van der Waals surface area contributed by atoms with Gasteiger partial charge >= 0.3 is 12.0 Å². The number of carbonyl (C=O) groups excluding carboxylic acids is 2. The zero-order chi connectivity index (χ0) is 26.5. The van der Waals surface area contributed by atoms with Gasteiger partial charge in [0.25, 0.3) is 0 Å². The van der Waals surface area contributed by atoms with Gasteiger partial charge in [0.15, 0.2) is 0 Å². The molecule has 3 rings (SSSR count). The lowest BCUT2D eigenvalue weighted by atomic mass is 9.92. The number of carbonyl (C=O) groups is 2. The van der Waals surface area contributed by atoms with Crippen LogP contribution in [0.4, 0.5) is 10.5 Å². The van der Waals surface area contributed by atoms with Gasteiger partial charge in [0.1, 0.15) is 11.4 Å². The fourth-order valence-corrected chi connectivity index (χ4v) is 4.51. The Hall–Kier alpha value is -4.22. The molecule has 0 aliphatic rings. The number of benzene rings is 3. The Morgan fingerprint density at radius 1 is 1.03 bits per heavy atom. The molecule has 0 bridgehead atoms. The number of methoxy groups -OCH3 is 1. The van der Waals surface area contributed by atoms with Crippen LogP contribution in [0, 0.1) is 5.41 Å². The van der Waals surface area contributed by atoms with Crippen LogP contribution in [0.25, 0.3) is 11.1 Å². The van der Waals surface area contributed by atoms with Gasteiger partial charge in [-0.05, 0) is 42.3 Å². The summed E-state index contributed by atoms with van der Waals surface area (Å²) in [5, 5.41) is 18.2. The maximum Gasteiger partial charge on any atom is 0.331 e. The Kier molecular flexibility index (Phi) is 7.76. The summed E-state index contributed by atoms with van der Waals surface area (Å²) in [5.41, 5.74) is 6.74. The number of sulfonamides is 1. The Morgan fingerprint density at radius 3 is 2.31 bits per heavy atom. The second-order valence-electron chi connectivity index (χ2n) is 8.31. The lowest BCUT2D eigenvalue weighted by molar-refractivity contribution is -0.147. The normalized spacial score (nSPS) is 12.8. The molecule has 0 heterocycles. The quantitative estimate of drug-likeness (QED) is 0.177. The monoisotopic (exact) mass is 509 g/mol. The number of ether oxygens (including phenoxy) is 1. The van der Waals surface area contributed by atoms with Crippen LogP contribution in [0.5, 0.6) is 0 Å². The van der Waals surface area contributed by atoms with Crippen molar-refractivity contribution in [3.8, 4) is 11.1 Å². The van der Waals surface area contributed by atoms with E-state index in [1.165, 1.54) is 20.1 Å². The highest BCUT2D eigenvalue weighted by molar-refractivity contribution is 7.89. The Labute approximate surface area is 209 Å². The first-order chi connectivity index (χ1) is 16.9. The first kappa shape index (κ1) is 26.4. The number of amides is 2. The zero-order valence-electron chi connectivity index (χ0n) is 19.7. The van der Waals surface area contributed by atoms with Crippen molar-refractivity contribution in [3.05, 3.63) is 83.9 Å². The third-order valence-electron chi connectivity index (χ3n) is 5.47. The van der Waals surface area contributed by atoms with E-state index in [2.05, 4.69) is 10.6 Å². The first-order valence-corrected chi connectivity index (χ1v) is 12.3. The molecule has 0 spiro atoms. The van der Waals surface area contributed by atoms with Gasteiger partial charge in [-0.15, -0.1) is 0 Å². The summed E-state index contributed by atoms with van der Waals surface area (Å²) in [5.74, 6) is -0.765. The van der Waals surface area contributed by atoms with Crippen molar-refractivity contribution in [2.45, 2.75) is 23.8 Å². The molecule has 0 saturated heterocycles. The van der Waals surface area contributed by atoms with Crippen LogP contribution in [0.3, 0.4) is 0 Å². The number of urea groups is 1. The average molecular weight is 510 g/mol. The van der Waals surface area contributed by atoms with Crippen molar-refractivity contribution in [1.29, 1.82) is 5.41 Å². The largest absolute Gasteiger partial charge is 0.467 e. The van der Waals surface area contributed by atoms with E-state index < -0.39 is 27.6 Å². The number of hydrogen-bond donors (Lipinski definition) is 5. The number of amidine groups is 1. The molecule has 1 unspecified atom stereocenters. The molecular formula is C25H27N5O5S. The fourth-order valence-electron chi connectivity index (χ4n) is 3.75. The van der Waals surface area contributed by atoms with Crippen molar-refractivity contribution in [1.82, 2.24) is 5.32 Å². The predicted molar refractivity (Wildman–Crippen MR) is 137 cm³/mol. The molecule has 0 aliphatic carbocycles. The molecule has 0 fully saturated rings. The predicted octanol–water partition coefficient (Wildman–Crippen LogP) is 2.58. The van der Waals surface area contributed by atoms with Crippen LogP contribution < -0.4 is 21.5 Å². The van der Waals surface area contributed by atoms with Crippen molar-refractivity contribution in [2.75, 3.05) is 12.4 Å². The Morgan fingerprint density at radius 2 is 1.69 bits per heavy atom. The SMILES string of the molecule is COC(=O)C(C)(Cc1cccc(C(=N)N)c1)NC(=O)Nc1ccc(-c2ccccc2S(N)(=O)=O)cc1. The number of anilines is 1. The number of nitrogen functional groups attached to an aromatic ring is 1. The highest BCUT2D eigenvalue weighted by Crippen LogP contribution is 2.27. The molecule has 7 N–H and O–H groups in total. The van der Waals surface area contributed by atoms with E-state index in [9.17, 15) is 18.0 Å². The molecule has 3 aromatic rings. The zero-order valence-corrected chi connectivity index (χ0v) is 20.6. The standard InChI is InChI=1S/C25H27N5O5S/c1-25(23(31)35-2,15-16-6-5-7-18(14-16)22(26)27)30-24(32)29-19-12-10-17(11-13-19)20-8-3-4-9-21(20)36(28,33)34/h3-14H,15H2,1-2H3,(H3,26,27)(H2,28,33,34)(H2,29,30,32). The second-order valence-corrected chi connectivity index (χ2v) is 9.84. The number of rotatable bonds is 8. The Bertz CT molecular complexity index is 1410. The van der Waals surface area contributed by atoms with Crippen LogP contribution >= 0.6 is 0 Å². The smallest absolute Gasteiger partial charge is 0.331 e. The van der Waals surface area contributed by atoms with E-state index in [-0.39, 0.29) is 17.2 Å².